The van der Waals surface area contributed by atoms with Gasteiger partial charge in [0.25, 0.3) is 11.1 Å². The smallest absolute Gasteiger partial charge is 0.328 e. The second-order valence-electron chi connectivity index (χ2n) is 5.22. The highest BCUT2D eigenvalue weighted by molar-refractivity contribution is 8.18. The lowest BCUT2D eigenvalue weighted by Gasteiger charge is -2.18. The van der Waals surface area contributed by atoms with Crippen LogP contribution in [-0.4, -0.2) is 48.9 Å². The van der Waals surface area contributed by atoms with Crippen LogP contribution in [0.25, 0.3) is 6.08 Å². The van der Waals surface area contributed by atoms with E-state index in [9.17, 15) is 14.4 Å². The van der Waals surface area contributed by atoms with E-state index in [-0.39, 0.29) is 4.91 Å². The molecule has 1 heterocycles. The maximum atomic E-state index is 12.5. The maximum Gasteiger partial charge on any atom is 0.328 e. The summed E-state index contributed by atoms with van der Waals surface area (Å²) < 4.78 is 15.3. The highest BCUT2D eigenvalue weighted by Crippen LogP contribution is 2.39. The molecule has 0 radical (unpaired) electrons. The lowest BCUT2D eigenvalue weighted by atomic mass is 10.1. The van der Waals surface area contributed by atoms with Gasteiger partial charge >= 0.3 is 5.97 Å². The fraction of sp³-hybridized carbons (Fsp3) is 0.353. The number of methoxy groups -OCH3 is 2. The fourth-order valence-corrected chi connectivity index (χ4v) is 3.58. The minimum Gasteiger partial charge on any atom is -0.491 e. The van der Waals surface area contributed by atoms with Crippen molar-refractivity contribution in [2.75, 3.05) is 20.8 Å². The van der Waals surface area contributed by atoms with Crippen LogP contribution in [0.3, 0.4) is 0 Å². The van der Waals surface area contributed by atoms with E-state index < -0.39 is 23.2 Å². The minimum absolute atomic E-state index is 0.175. The maximum absolute atomic E-state index is 12.5. The van der Waals surface area contributed by atoms with E-state index in [2.05, 4.69) is 4.74 Å². The van der Waals surface area contributed by atoms with Crippen molar-refractivity contribution in [2.45, 2.75) is 19.9 Å². The number of thioether (sulfide) groups is 1. The molecule has 1 unspecified atom stereocenters. The van der Waals surface area contributed by atoms with Gasteiger partial charge in [-0.05, 0) is 49.4 Å². The molecule has 140 valence electrons. The molecule has 0 spiro atoms. The number of halogens is 1. The Hall–Kier alpha value is -2.19. The van der Waals surface area contributed by atoms with Gasteiger partial charge < -0.3 is 14.2 Å². The lowest BCUT2D eigenvalue weighted by Crippen LogP contribution is -2.42. The standard InChI is InChI=1S/C17H18ClNO6S/c1-5-25-12-7-10(6-11(18)14(12)23-3)8-13-15(20)19(17(22)26-13)9(2)16(21)24-4/h6-9H,5H2,1-4H3/b13-8+. The van der Waals surface area contributed by atoms with E-state index in [1.165, 1.54) is 27.2 Å². The molecule has 2 rings (SSSR count). The summed E-state index contributed by atoms with van der Waals surface area (Å²) in [6.07, 6.45) is 1.52. The summed E-state index contributed by atoms with van der Waals surface area (Å²) in [7, 11) is 2.67. The molecule has 1 fully saturated rings. The molecular weight excluding hydrogens is 382 g/mol. The molecule has 0 aromatic heterocycles. The van der Waals surface area contributed by atoms with Gasteiger partial charge in [0.05, 0.1) is 30.8 Å². The van der Waals surface area contributed by atoms with E-state index in [1.54, 1.807) is 12.1 Å². The van der Waals surface area contributed by atoms with E-state index in [4.69, 9.17) is 21.1 Å². The first-order valence-corrected chi connectivity index (χ1v) is 8.88. The molecule has 0 bridgehead atoms. The number of benzene rings is 1. The largest absolute Gasteiger partial charge is 0.491 e. The van der Waals surface area contributed by atoms with Crippen molar-refractivity contribution in [1.29, 1.82) is 0 Å². The molecule has 0 saturated carbocycles. The molecule has 7 nitrogen and oxygen atoms in total. The zero-order chi connectivity index (χ0) is 19.4. The van der Waals surface area contributed by atoms with Gasteiger partial charge in [0.2, 0.25) is 0 Å². The van der Waals surface area contributed by atoms with Gasteiger partial charge in [-0.2, -0.15) is 0 Å². The first-order chi connectivity index (χ1) is 12.3. The number of hydrogen-bond acceptors (Lipinski definition) is 7. The van der Waals surface area contributed by atoms with E-state index in [0.717, 1.165) is 16.7 Å². The summed E-state index contributed by atoms with van der Waals surface area (Å²) in [6.45, 7) is 3.66. The summed E-state index contributed by atoms with van der Waals surface area (Å²) in [6, 6.07) is 2.25. The number of nitrogens with zero attached hydrogens (tertiary/aromatic N) is 1. The molecule has 0 N–H and O–H groups in total. The molecular formula is C17H18ClNO6S. The van der Waals surface area contributed by atoms with Gasteiger partial charge in [-0.3, -0.25) is 14.5 Å². The van der Waals surface area contributed by atoms with E-state index in [1.807, 2.05) is 6.92 Å². The van der Waals surface area contributed by atoms with Crippen LogP contribution in [0.2, 0.25) is 5.02 Å². The van der Waals surface area contributed by atoms with Crippen LogP contribution < -0.4 is 9.47 Å². The Kier molecular flexibility index (Phi) is 6.55. The number of imide groups is 1. The van der Waals surface area contributed by atoms with Gasteiger partial charge in [-0.15, -0.1) is 0 Å². The van der Waals surface area contributed by atoms with E-state index in [0.29, 0.717) is 28.7 Å². The minimum atomic E-state index is -1.00. The number of carbonyl (C=O) groups is 3. The zero-order valence-corrected chi connectivity index (χ0v) is 16.3. The summed E-state index contributed by atoms with van der Waals surface area (Å²) in [5.74, 6) is -0.420. The molecule has 1 aromatic carbocycles. The van der Waals surface area contributed by atoms with Gasteiger partial charge in [-0.25, -0.2) is 4.79 Å². The summed E-state index contributed by atoms with van der Waals surface area (Å²) in [5, 5.41) is -0.226. The summed E-state index contributed by atoms with van der Waals surface area (Å²) in [5.41, 5.74) is 0.565. The van der Waals surface area contributed by atoms with Crippen LogP contribution in [0.5, 0.6) is 11.5 Å². The summed E-state index contributed by atoms with van der Waals surface area (Å²) in [4.78, 5) is 37.3. The number of hydrogen-bond donors (Lipinski definition) is 0. The Morgan fingerprint density at radius 2 is 2.04 bits per heavy atom. The number of carbonyl (C=O) groups excluding carboxylic acids is 3. The predicted molar refractivity (Wildman–Crippen MR) is 98.5 cm³/mol. The molecule has 2 amide bonds. The van der Waals surface area contributed by atoms with Crippen LogP contribution >= 0.6 is 23.4 Å². The molecule has 26 heavy (non-hydrogen) atoms. The normalized spacial score (nSPS) is 16.8. The second-order valence-corrected chi connectivity index (χ2v) is 6.62. The highest BCUT2D eigenvalue weighted by atomic mass is 35.5. The van der Waals surface area contributed by atoms with Crippen molar-refractivity contribution < 1.29 is 28.6 Å². The average molecular weight is 400 g/mol. The Labute approximate surface area is 160 Å². The van der Waals surface area contributed by atoms with Crippen LogP contribution in [0.4, 0.5) is 4.79 Å². The molecule has 1 aromatic rings. The van der Waals surface area contributed by atoms with Gasteiger partial charge in [-0.1, -0.05) is 11.6 Å². The monoisotopic (exact) mass is 399 g/mol. The third-order valence-electron chi connectivity index (χ3n) is 3.59. The Balaban J connectivity index is 2.37. The molecule has 1 aliphatic heterocycles. The van der Waals surface area contributed by atoms with Crippen LogP contribution in [0.15, 0.2) is 17.0 Å². The van der Waals surface area contributed by atoms with Crippen molar-refractivity contribution in [2.24, 2.45) is 0 Å². The Bertz CT molecular complexity index is 779. The van der Waals surface area contributed by atoms with Crippen molar-refractivity contribution in [1.82, 2.24) is 4.90 Å². The summed E-state index contributed by atoms with van der Waals surface area (Å²) >= 11 is 6.94. The molecule has 1 atom stereocenters. The van der Waals surface area contributed by atoms with Crippen molar-refractivity contribution in [3.05, 3.63) is 27.6 Å². The van der Waals surface area contributed by atoms with Crippen LogP contribution in [0.1, 0.15) is 19.4 Å². The predicted octanol–water partition coefficient (Wildman–Crippen LogP) is 3.35. The van der Waals surface area contributed by atoms with Gasteiger partial charge in [0.1, 0.15) is 6.04 Å². The van der Waals surface area contributed by atoms with Crippen LogP contribution in [0, 0.1) is 0 Å². The van der Waals surface area contributed by atoms with Crippen molar-refractivity contribution in [3.63, 3.8) is 0 Å². The molecule has 1 saturated heterocycles. The SMILES string of the molecule is CCOc1cc(/C=C2/SC(=O)N(C(C)C(=O)OC)C2=O)cc(Cl)c1OC. The highest BCUT2D eigenvalue weighted by Gasteiger charge is 2.41. The first-order valence-electron chi connectivity index (χ1n) is 7.69. The molecule has 0 aliphatic carbocycles. The fourth-order valence-electron chi connectivity index (χ4n) is 2.37. The zero-order valence-electron chi connectivity index (χ0n) is 14.7. The average Bonchev–Trinajstić information content (AvgIpc) is 2.87. The Morgan fingerprint density at radius 3 is 2.62 bits per heavy atom. The number of ether oxygens (including phenoxy) is 3. The van der Waals surface area contributed by atoms with Gasteiger partial charge in [0, 0.05) is 0 Å². The number of rotatable bonds is 6. The van der Waals surface area contributed by atoms with Crippen molar-refractivity contribution in [3.8, 4) is 11.5 Å². The topological polar surface area (TPSA) is 82.1 Å². The van der Waals surface area contributed by atoms with Crippen LogP contribution in [-0.2, 0) is 14.3 Å². The second kappa shape index (κ2) is 8.46. The lowest BCUT2D eigenvalue weighted by molar-refractivity contribution is -0.148. The third-order valence-corrected chi connectivity index (χ3v) is 4.75. The molecule has 9 heteroatoms. The quantitative estimate of drug-likeness (QED) is 0.535. The first kappa shape index (κ1) is 20.1. The number of esters is 1. The number of amides is 2. The third kappa shape index (κ3) is 3.96. The molecule has 1 aliphatic rings. The van der Waals surface area contributed by atoms with Crippen molar-refractivity contribution >= 4 is 46.6 Å². The van der Waals surface area contributed by atoms with Gasteiger partial charge in [0.15, 0.2) is 11.5 Å². The Morgan fingerprint density at radius 1 is 1.35 bits per heavy atom. The van der Waals surface area contributed by atoms with E-state index >= 15 is 0 Å².